The number of carbonyl (C=O) groups excluding carboxylic acids is 4. The predicted octanol–water partition coefficient (Wildman–Crippen LogP) is 13.6. The van der Waals surface area contributed by atoms with E-state index >= 15 is 0 Å². The van der Waals surface area contributed by atoms with E-state index in [1.165, 1.54) is 30.4 Å². The number of benzene rings is 9. The van der Waals surface area contributed by atoms with Crippen molar-refractivity contribution in [1.82, 2.24) is 39.6 Å². The van der Waals surface area contributed by atoms with Crippen molar-refractivity contribution in [2.45, 2.75) is 147 Å². The van der Waals surface area contributed by atoms with Crippen LogP contribution in [0, 0.1) is 43.9 Å². The molecule has 3 heterocycles. The molecule has 12 aromatic rings. The number of carbonyl (C=O) groups is 4. The van der Waals surface area contributed by atoms with E-state index in [1.807, 2.05) is 223 Å². The summed E-state index contributed by atoms with van der Waals surface area (Å²) in [6, 6.07) is 80.4. The molecule has 669 valence electrons. The van der Waals surface area contributed by atoms with E-state index in [0.717, 1.165) is 94.9 Å². The molecule has 3 aliphatic rings. The number of anilines is 3. The molecule has 24 nitrogen and oxygen atoms in total. The van der Waals surface area contributed by atoms with Gasteiger partial charge < -0.3 is 70.6 Å². The summed E-state index contributed by atoms with van der Waals surface area (Å²) in [5.41, 5.74) is 31.3. The fraction of sp³-hybridized carbons (Fsp3) is 0.306. The van der Waals surface area contributed by atoms with E-state index in [-0.39, 0.29) is 76.2 Å². The zero-order valence-corrected chi connectivity index (χ0v) is 78.6. The molecule has 0 saturated heterocycles. The molecule has 0 spiro atoms. The molecule has 0 bridgehead atoms. The monoisotopic (exact) mass is 1840 g/mol. The molecule has 9 aromatic carbocycles. The first kappa shape index (κ1) is 103. The molecule has 15 rings (SSSR count). The molecule has 3 atom stereocenters. The molecule has 30 heteroatoms. The topological polar surface area (TPSA) is 371 Å². The largest absolute Gasteiger partial charge is 1.00 e. The first-order valence-electron chi connectivity index (χ1n) is 42.0. The molecule has 3 radical (unpaired) electrons. The molecule has 3 saturated carbocycles. The average Bonchev–Trinajstić information content (AvgIpc) is 1.59. The van der Waals surface area contributed by atoms with Crippen LogP contribution in [0.2, 0.25) is 0 Å². The molecule has 3 fully saturated rings. The second-order valence-electron chi connectivity index (χ2n) is 32.6. The zero-order valence-electron chi connectivity index (χ0n) is 74.3. The number of halogens is 3. The maximum Gasteiger partial charge on any atom is 1.00 e. The Balaban J connectivity index is 0.000000248. The Labute approximate surface area is 796 Å². The van der Waals surface area contributed by atoms with E-state index in [9.17, 15) is 39.8 Å². The van der Waals surface area contributed by atoms with Crippen LogP contribution in [0.25, 0.3) is 17.1 Å². The van der Waals surface area contributed by atoms with Crippen LogP contribution in [0.5, 0.6) is 0 Å². The van der Waals surface area contributed by atoms with Crippen LogP contribution in [0.3, 0.4) is 0 Å². The summed E-state index contributed by atoms with van der Waals surface area (Å²) < 4.78 is 10.5. The Morgan fingerprint density at radius 1 is 0.484 bits per heavy atom. The number of aliphatic hydroxyl groups is 3. The van der Waals surface area contributed by atoms with Crippen LogP contribution < -0.4 is 73.8 Å². The Bertz CT molecular complexity index is 5430. The summed E-state index contributed by atoms with van der Waals surface area (Å²) in [5, 5.41) is 71.1. The van der Waals surface area contributed by atoms with Crippen molar-refractivity contribution < 1.29 is 82.9 Å². The minimum absolute atomic E-state index is 0. The number of nitrogens with one attached hydrogen (secondary N) is 4. The predicted molar refractivity (Wildman–Crippen MR) is 504 cm³/mol. The molecule has 0 aliphatic heterocycles. The number of amides is 4. The van der Waals surface area contributed by atoms with E-state index in [4.69, 9.17) is 48.1 Å². The summed E-state index contributed by atoms with van der Waals surface area (Å²) in [6.45, 7) is 14.9. The van der Waals surface area contributed by atoms with Crippen molar-refractivity contribution in [3.63, 3.8) is 0 Å². The van der Waals surface area contributed by atoms with Crippen molar-refractivity contribution >= 4 is 82.1 Å². The third-order valence-electron chi connectivity index (χ3n) is 21.6. The van der Waals surface area contributed by atoms with Crippen LogP contribution >= 0.6 is 32.8 Å². The smallest absolute Gasteiger partial charge is 1.00 e. The van der Waals surface area contributed by atoms with Gasteiger partial charge in [0.1, 0.15) is 39.5 Å². The Morgan fingerprint density at radius 2 is 0.812 bits per heavy atom. The van der Waals surface area contributed by atoms with Crippen LogP contribution in [0.1, 0.15) is 185 Å². The van der Waals surface area contributed by atoms with Gasteiger partial charge in [-0.2, -0.15) is 20.6 Å². The summed E-state index contributed by atoms with van der Waals surface area (Å²) in [4.78, 5) is 55.1. The molecule has 15 N–H and O–H groups in total. The van der Waals surface area contributed by atoms with Crippen molar-refractivity contribution in [3.8, 4) is 23.1 Å². The number of ether oxygens (including phenoxy) is 1. The second-order valence-corrected chi connectivity index (χ2v) is 34.2. The Morgan fingerprint density at radius 3 is 1.14 bits per heavy atom. The minimum Gasteiger partial charge on any atom is -1.00 e. The van der Waals surface area contributed by atoms with Gasteiger partial charge in [0.05, 0.1) is 52.3 Å². The van der Waals surface area contributed by atoms with Crippen molar-refractivity contribution in [3.05, 3.63) is 339 Å². The first-order chi connectivity index (χ1) is 60.2. The van der Waals surface area contributed by atoms with Gasteiger partial charge >= 0.3 is 68.7 Å². The SMILES string of the molecule is Cc1cc(C(=O)Nc2cccc(C(O)(CCC3CC3)c3ccccc3)c2)n(-c2cccc(CN)c2)n1.Cc1cc(C(=O)Nc2cccc(C(O)(CCC3CC3)c3ccccc3)c2)n(-c2cccc(CN)c2)n1.Cc1cc(C(=O)Nc2cccc(C(O)(CN(C(=O)OC(C)(C)C)C3CC3)c3ccccc3)c2)n(-c2cccc(C#N)c2)n1.Cl.NCCNCCN.[B].[Cl][Ni][Cl].[H-].[Na+]. The number of nitrogens with zero attached hydrogens (tertiary/aromatic N) is 8. The maximum absolute atomic E-state index is 13.5. The molecule has 128 heavy (non-hydrogen) atoms. The minimum atomic E-state index is -1.59. The third-order valence-corrected chi connectivity index (χ3v) is 21.6. The number of hydrogen-bond acceptors (Lipinski definition) is 17. The number of nitriles is 1. The van der Waals surface area contributed by atoms with Crippen molar-refractivity contribution in [2.24, 2.45) is 34.8 Å². The normalized spacial score (nSPS) is 13.9. The average molecular weight is 1840 g/mol. The first-order valence-corrected chi connectivity index (χ1v) is 44.8. The van der Waals surface area contributed by atoms with E-state index in [1.54, 1.807) is 87.9 Å². The molecule has 3 aliphatic carbocycles. The van der Waals surface area contributed by atoms with Gasteiger partial charge in [0.25, 0.3) is 17.7 Å². The van der Waals surface area contributed by atoms with Gasteiger partial charge in [-0.05, 0) is 233 Å². The van der Waals surface area contributed by atoms with Crippen LogP contribution in [-0.4, -0.2) is 126 Å². The van der Waals surface area contributed by atoms with Gasteiger partial charge in [-0.1, -0.05) is 183 Å². The number of nitrogens with two attached hydrogens (primary N) is 4. The molecule has 4 amide bonds. The molecule has 3 aromatic heterocycles. The maximum atomic E-state index is 13.5. The van der Waals surface area contributed by atoms with Crippen molar-refractivity contribution in [2.75, 3.05) is 48.7 Å². The number of aromatic nitrogens is 6. The number of rotatable bonds is 30. The second kappa shape index (κ2) is 49.1. The Hall–Kier alpha value is -10.1. The molecular formula is C98H114BCl3N16NaNiO8. The van der Waals surface area contributed by atoms with Gasteiger partial charge in [-0.25, -0.2) is 18.8 Å². The van der Waals surface area contributed by atoms with Crippen LogP contribution in [-0.2, 0) is 47.3 Å². The fourth-order valence-electron chi connectivity index (χ4n) is 14.7. The van der Waals surface area contributed by atoms with Gasteiger partial charge in [0.2, 0.25) is 0 Å². The van der Waals surface area contributed by atoms with Gasteiger partial charge in [-0.3, -0.25) is 14.4 Å². The number of aryl methyl sites for hydroxylation is 3. The zero-order chi connectivity index (χ0) is 89.3. The standard InChI is InChI=1S/C34H35N5O4.2C30H32N4O2.C4H13N3.B.3ClH.Na.Ni.H/c1-23-18-30(39(37-23)29-15-8-10-24(19-29)21-35)31(40)36-27-14-9-13-26(20-27)34(42,25-11-6-5-7-12-25)22-38(28-16-17-28)32(41)43-33(2,3)4;2*1-21-17-28(34(33-21)27-12-5-7-23(18-27)20-31)29(35)32-26-11-6-10-25(19-26)30(36,16-15-22-13-14-22)24-8-3-2-4-9-24;5-1-3-7-4-2-6;;;;;;;/h5-15,18-20,28,42H,16-17,22H2,1-4H3,(H,36,40);2*2-12,17-19,22,36H,13-16,20,31H2,1H3,(H,32,35);7H,1-6H2;;3*1H;;;/q;;;;;;;;+1;+2;-1/p-2. The van der Waals surface area contributed by atoms with Crippen molar-refractivity contribution in [1.29, 1.82) is 5.26 Å². The summed E-state index contributed by atoms with van der Waals surface area (Å²) in [5.74, 6) is 0.449. The fourth-order valence-corrected chi connectivity index (χ4v) is 14.7. The summed E-state index contributed by atoms with van der Waals surface area (Å²) in [6.07, 6.45) is 9.39. The Kier molecular flexibility index (Phi) is 39.6. The molecular weight excluding hydrogens is 1730 g/mol. The summed E-state index contributed by atoms with van der Waals surface area (Å²) in [7, 11) is 9.40. The summed E-state index contributed by atoms with van der Waals surface area (Å²) >= 11 is 0.569. The quantitative estimate of drug-likeness (QED) is 0.0147. The van der Waals surface area contributed by atoms with E-state index < -0.39 is 34.4 Å². The van der Waals surface area contributed by atoms with Crippen LogP contribution in [0.15, 0.2) is 255 Å². The third kappa shape index (κ3) is 28.7. The van der Waals surface area contributed by atoms with E-state index in [0.29, 0.717) is 126 Å². The van der Waals surface area contributed by atoms with Gasteiger partial charge in [-0.15, -0.1) is 12.4 Å². The van der Waals surface area contributed by atoms with Gasteiger partial charge in [0.15, 0.2) is 0 Å². The van der Waals surface area contributed by atoms with E-state index in [2.05, 4.69) is 42.6 Å². The molecule has 3 unspecified atom stereocenters. The van der Waals surface area contributed by atoms with Crippen LogP contribution in [0.4, 0.5) is 21.9 Å². The van der Waals surface area contributed by atoms with Gasteiger partial charge in [0, 0.05) is 70.8 Å². The number of hydrogen-bond donors (Lipinski definition) is 11.